The monoisotopic (exact) mass is 256 g/mol. The minimum absolute atomic E-state index is 0.292. The first-order valence-electron chi connectivity index (χ1n) is 6.96. The van der Waals surface area contributed by atoms with E-state index >= 15 is 0 Å². The second kappa shape index (κ2) is 6.92. The molecule has 0 saturated heterocycles. The van der Waals surface area contributed by atoms with E-state index in [1.54, 1.807) is 6.20 Å². The summed E-state index contributed by atoms with van der Waals surface area (Å²) in [6, 6.07) is 8.28. The molecular weight excluding hydrogens is 236 g/mol. The smallest absolute Gasteiger partial charge is 0.184 e. The molecule has 4 heteroatoms. The van der Waals surface area contributed by atoms with Gasteiger partial charge in [-0.2, -0.15) is 10.2 Å². The summed E-state index contributed by atoms with van der Waals surface area (Å²) in [6.45, 7) is 4.34. The molecule has 2 aromatic rings. The highest BCUT2D eigenvalue weighted by Gasteiger charge is 2.05. The van der Waals surface area contributed by atoms with Gasteiger partial charge in [0.2, 0.25) is 5.82 Å². The fourth-order valence-corrected chi connectivity index (χ4v) is 2.01. The highest BCUT2D eigenvalue weighted by atomic mass is 15.2. The molecule has 0 bridgehead atoms. The van der Waals surface area contributed by atoms with Gasteiger partial charge in [-0.25, -0.2) is 0 Å². The molecule has 0 fully saturated rings. The molecule has 0 radical (unpaired) electrons. The number of aromatic nitrogens is 2. The first kappa shape index (κ1) is 13.6. The Bertz CT molecular complexity index is 545. The molecule has 1 aromatic heterocycles. The number of hydrogen-bond donors (Lipinski definition) is 0. The molecule has 100 valence electrons. The maximum Gasteiger partial charge on any atom is 0.203 e. The van der Waals surface area contributed by atoms with Gasteiger partial charge >= 0.3 is 0 Å². The summed E-state index contributed by atoms with van der Waals surface area (Å²) >= 11 is 0. The third kappa shape index (κ3) is 3.56. The lowest BCUT2D eigenvalue weighted by molar-refractivity contribution is 0.545. The van der Waals surface area contributed by atoms with E-state index in [4.69, 9.17) is 0 Å². The topological polar surface area (TPSA) is 50.5 Å². The van der Waals surface area contributed by atoms with Crippen molar-refractivity contribution in [2.45, 2.75) is 45.6 Å². The van der Waals surface area contributed by atoms with Crippen LogP contribution in [-0.2, 0) is 0 Å². The number of hydrogen-bond acceptors (Lipinski definition) is 4. The van der Waals surface area contributed by atoms with Crippen LogP contribution in [0.5, 0.6) is 0 Å². The Morgan fingerprint density at radius 3 is 2.84 bits per heavy atom. The number of fused-ring (bicyclic) bond motifs is 1. The number of nitrogens with zero attached hydrogens (tertiary/aromatic N) is 4. The van der Waals surface area contributed by atoms with Crippen LogP contribution in [-0.4, -0.2) is 16.2 Å². The molecule has 1 atom stereocenters. The summed E-state index contributed by atoms with van der Waals surface area (Å²) in [7, 11) is 0. The van der Waals surface area contributed by atoms with Crippen molar-refractivity contribution in [2.24, 2.45) is 10.2 Å². The lowest BCUT2D eigenvalue weighted by Crippen LogP contribution is -2.00. The second-order valence-corrected chi connectivity index (χ2v) is 4.68. The zero-order valence-corrected chi connectivity index (χ0v) is 11.6. The minimum atomic E-state index is 0.292. The van der Waals surface area contributed by atoms with Gasteiger partial charge in [0.05, 0.1) is 12.2 Å². The van der Waals surface area contributed by atoms with E-state index in [9.17, 15) is 0 Å². The molecule has 0 N–H and O–H groups in total. The van der Waals surface area contributed by atoms with Gasteiger partial charge in [0.25, 0.3) is 0 Å². The van der Waals surface area contributed by atoms with Gasteiger partial charge < -0.3 is 0 Å². The molecule has 0 spiro atoms. The van der Waals surface area contributed by atoms with Gasteiger partial charge in [0, 0.05) is 10.8 Å². The van der Waals surface area contributed by atoms with E-state index in [0.29, 0.717) is 11.9 Å². The average Bonchev–Trinajstić information content (AvgIpc) is 2.47. The lowest BCUT2D eigenvalue weighted by Gasteiger charge is -2.06. The Labute approximate surface area is 114 Å². The molecule has 2 rings (SSSR count). The molecule has 0 amide bonds. The van der Waals surface area contributed by atoms with Crippen LogP contribution in [0.4, 0.5) is 5.82 Å². The van der Waals surface area contributed by atoms with E-state index in [0.717, 1.165) is 23.6 Å². The minimum Gasteiger partial charge on any atom is -0.184 e. The zero-order valence-electron chi connectivity index (χ0n) is 11.6. The number of rotatable bonds is 6. The summed E-state index contributed by atoms with van der Waals surface area (Å²) in [4.78, 5) is 0. The van der Waals surface area contributed by atoms with Crippen LogP contribution in [0.3, 0.4) is 0 Å². The largest absolute Gasteiger partial charge is 0.203 e. The number of azo groups is 1. The Morgan fingerprint density at radius 2 is 2.05 bits per heavy atom. The van der Waals surface area contributed by atoms with Crippen LogP contribution in [0.2, 0.25) is 0 Å². The third-order valence-corrected chi connectivity index (χ3v) is 3.23. The summed E-state index contributed by atoms with van der Waals surface area (Å²) in [5, 5.41) is 18.8. The summed E-state index contributed by atoms with van der Waals surface area (Å²) in [6.07, 6.45) is 6.25. The highest BCUT2D eigenvalue weighted by molar-refractivity contribution is 5.89. The van der Waals surface area contributed by atoms with Crippen molar-refractivity contribution in [1.82, 2.24) is 10.2 Å². The molecule has 1 unspecified atom stereocenters. The van der Waals surface area contributed by atoms with Crippen LogP contribution in [0, 0.1) is 0 Å². The van der Waals surface area contributed by atoms with Crippen molar-refractivity contribution in [3.63, 3.8) is 0 Å². The van der Waals surface area contributed by atoms with Crippen LogP contribution in [0.15, 0.2) is 40.7 Å². The maximum atomic E-state index is 4.42. The number of benzene rings is 1. The Hall–Kier alpha value is -1.84. The predicted octanol–water partition coefficient (Wildman–Crippen LogP) is 4.68. The van der Waals surface area contributed by atoms with Gasteiger partial charge in [0.15, 0.2) is 0 Å². The maximum absolute atomic E-state index is 4.42. The van der Waals surface area contributed by atoms with Crippen LogP contribution >= 0.6 is 0 Å². The molecular formula is C15H20N4. The molecule has 0 aliphatic rings. The van der Waals surface area contributed by atoms with Crippen molar-refractivity contribution < 1.29 is 0 Å². The van der Waals surface area contributed by atoms with Crippen molar-refractivity contribution in [3.8, 4) is 0 Å². The van der Waals surface area contributed by atoms with Crippen molar-refractivity contribution >= 4 is 16.6 Å². The van der Waals surface area contributed by atoms with Gasteiger partial charge in [0.1, 0.15) is 0 Å². The Morgan fingerprint density at radius 1 is 1.21 bits per heavy atom. The zero-order chi connectivity index (χ0) is 13.5. The summed E-state index contributed by atoms with van der Waals surface area (Å²) in [5.41, 5.74) is 0. The summed E-state index contributed by atoms with van der Waals surface area (Å²) in [5.74, 6) is 0.619. The van der Waals surface area contributed by atoms with Crippen LogP contribution in [0.25, 0.3) is 10.8 Å². The number of unbranched alkanes of at least 4 members (excludes halogenated alkanes) is 1. The van der Waals surface area contributed by atoms with E-state index in [1.165, 1.54) is 12.8 Å². The fraction of sp³-hybridized carbons (Fsp3) is 0.467. The first-order valence-corrected chi connectivity index (χ1v) is 6.96. The fourth-order valence-electron chi connectivity index (χ4n) is 2.01. The van der Waals surface area contributed by atoms with Crippen molar-refractivity contribution in [1.29, 1.82) is 0 Å². The van der Waals surface area contributed by atoms with E-state index in [1.807, 2.05) is 24.3 Å². The Kier molecular flexibility index (Phi) is 4.95. The van der Waals surface area contributed by atoms with E-state index in [-0.39, 0.29) is 0 Å². The normalized spacial score (nSPS) is 13.2. The molecule has 19 heavy (non-hydrogen) atoms. The van der Waals surface area contributed by atoms with Gasteiger partial charge in [-0.05, 0) is 12.8 Å². The Balaban J connectivity index is 2.20. The third-order valence-electron chi connectivity index (χ3n) is 3.23. The molecule has 1 heterocycles. The van der Waals surface area contributed by atoms with E-state index < -0.39 is 0 Å². The first-order chi connectivity index (χ1) is 9.35. The van der Waals surface area contributed by atoms with Gasteiger partial charge in [-0.15, -0.1) is 10.2 Å². The average molecular weight is 256 g/mol. The lowest BCUT2D eigenvalue weighted by atomic mass is 10.1. The summed E-state index contributed by atoms with van der Waals surface area (Å²) < 4.78 is 0. The molecule has 0 aliphatic heterocycles. The SMILES string of the molecule is CCCCC(CC)N=Nc1nncc2ccccc12. The van der Waals surface area contributed by atoms with Crippen molar-refractivity contribution in [2.75, 3.05) is 0 Å². The molecule has 0 aliphatic carbocycles. The predicted molar refractivity (Wildman–Crippen MR) is 77.7 cm³/mol. The standard InChI is InChI=1S/C15H20N4/c1-3-5-9-13(4-2)17-19-15-14-10-7-6-8-12(14)11-16-18-15/h6-8,10-11,13H,3-5,9H2,1-2H3. The molecule has 1 aromatic carbocycles. The van der Waals surface area contributed by atoms with Gasteiger partial charge in [-0.3, -0.25) is 0 Å². The quantitative estimate of drug-likeness (QED) is 0.704. The van der Waals surface area contributed by atoms with Gasteiger partial charge in [-0.1, -0.05) is 51.0 Å². The van der Waals surface area contributed by atoms with E-state index in [2.05, 4.69) is 34.3 Å². The highest BCUT2D eigenvalue weighted by Crippen LogP contribution is 2.23. The second-order valence-electron chi connectivity index (χ2n) is 4.68. The van der Waals surface area contributed by atoms with Crippen LogP contribution in [0.1, 0.15) is 39.5 Å². The molecule has 0 saturated carbocycles. The molecule has 4 nitrogen and oxygen atoms in total. The van der Waals surface area contributed by atoms with Crippen molar-refractivity contribution in [3.05, 3.63) is 30.5 Å². The van der Waals surface area contributed by atoms with Crippen LogP contribution < -0.4 is 0 Å².